The predicted octanol–water partition coefficient (Wildman–Crippen LogP) is 3.29. The standard InChI is InChI=1S/C14H16F3NO2S/c1-4-9-18(10-12(3)14(15,16)17)21(19,20)13-7-5-11(2)6-8-13/h4-8H,1,3,9-10H2,2H3. The predicted molar refractivity (Wildman–Crippen MR) is 75.3 cm³/mol. The van der Waals surface area contributed by atoms with Gasteiger partial charge in [-0.25, -0.2) is 8.42 Å². The minimum atomic E-state index is -4.64. The Hall–Kier alpha value is -1.60. The van der Waals surface area contributed by atoms with Crippen LogP contribution in [0.4, 0.5) is 13.2 Å². The fourth-order valence-corrected chi connectivity index (χ4v) is 2.96. The van der Waals surface area contributed by atoms with E-state index in [-0.39, 0.29) is 11.4 Å². The number of benzene rings is 1. The molecule has 1 rings (SSSR count). The van der Waals surface area contributed by atoms with Crippen LogP contribution in [0.1, 0.15) is 5.56 Å². The molecule has 3 nitrogen and oxygen atoms in total. The van der Waals surface area contributed by atoms with Crippen LogP contribution >= 0.6 is 0 Å². The Morgan fingerprint density at radius 3 is 2.24 bits per heavy atom. The molecule has 0 atom stereocenters. The van der Waals surface area contributed by atoms with Gasteiger partial charge in [-0.15, -0.1) is 6.58 Å². The molecule has 0 unspecified atom stereocenters. The molecule has 21 heavy (non-hydrogen) atoms. The lowest BCUT2D eigenvalue weighted by Gasteiger charge is -2.22. The van der Waals surface area contributed by atoms with E-state index >= 15 is 0 Å². The summed E-state index contributed by atoms with van der Waals surface area (Å²) >= 11 is 0. The highest BCUT2D eigenvalue weighted by Gasteiger charge is 2.35. The van der Waals surface area contributed by atoms with Gasteiger partial charge in [0.2, 0.25) is 10.0 Å². The smallest absolute Gasteiger partial charge is 0.207 e. The third-order valence-corrected chi connectivity index (χ3v) is 4.59. The zero-order valence-corrected chi connectivity index (χ0v) is 12.3. The van der Waals surface area contributed by atoms with E-state index in [0.717, 1.165) is 5.56 Å². The monoisotopic (exact) mass is 319 g/mol. The van der Waals surface area contributed by atoms with Crippen molar-refractivity contribution in [2.24, 2.45) is 0 Å². The molecule has 0 aliphatic carbocycles. The number of halogens is 3. The summed E-state index contributed by atoms with van der Waals surface area (Å²) in [5, 5.41) is 0. The topological polar surface area (TPSA) is 37.4 Å². The molecule has 0 aliphatic rings. The van der Waals surface area contributed by atoms with Crippen molar-refractivity contribution < 1.29 is 21.6 Å². The molecule has 0 saturated heterocycles. The first kappa shape index (κ1) is 17.5. The maximum atomic E-state index is 12.5. The molecule has 0 spiro atoms. The molecule has 0 heterocycles. The summed E-state index contributed by atoms with van der Waals surface area (Å²) in [6, 6.07) is 5.88. The van der Waals surface area contributed by atoms with Gasteiger partial charge in [-0.3, -0.25) is 0 Å². The lowest BCUT2D eigenvalue weighted by atomic mass is 10.2. The Kier molecular flexibility index (Phi) is 5.36. The van der Waals surface area contributed by atoms with Gasteiger partial charge in [-0.2, -0.15) is 17.5 Å². The van der Waals surface area contributed by atoms with Crippen molar-refractivity contribution in [2.75, 3.05) is 13.1 Å². The fraction of sp³-hybridized carbons (Fsp3) is 0.286. The van der Waals surface area contributed by atoms with Gasteiger partial charge >= 0.3 is 6.18 Å². The molecular formula is C14H16F3NO2S. The molecule has 0 aliphatic heterocycles. The van der Waals surface area contributed by atoms with E-state index < -0.39 is 28.3 Å². The Balaban J connectivity index is 3.12. The van der Waals surface area contributed by atoms with Gasteiger partial charge in [-0.1, -0.05) is 30.4 Å². The average Bonchev–Trinajstić information content (AvgIpc) is 2.37. The summed E-state index contributed by atoms with van der Waals surface area (Å²) in [5.74, 6) is 0. The maximum Gasteiger partial charge on any atom is 0.413 e. The first-order valence-electron chi connectivity index (χ1n) is 6.01. The molecule has 7 heteroatoms. The minimum absolute atomic E-state index is 0.0649. The van der Waals surface area contributed by atoms with Crippen LogP contribution in [0.15, 0.2) is 54.0 Å². The van der Waals surface area contributed by atoms with Crippen molar-refractivity contribution in [1.29, 1.82) is 0 Å². The molecule has 1 aromatic rings. The van der Waals surface area contributed by atoms with E-state index in [9.17, 15) is 21.6 Å². The number of alkyl halides is 3. The Bertz CT molecular complexity index is 619. The number of hydrogen-bond donors (Lipinski definition) is 0. The number of sulfonamides is 1. The number of hydrogen-bond acceptors (Lipinski definition) is 2. The summed E-state index contributed by atoms with van der Waals surface area (Å²) < 4.78 is 63.1. The number of nitrogens with zero attached hydrogens (tertiary/aromatic N) is 1. The van der Waals surface area contributed by atoms with Crippen molar-refractivity contribution >= 4 is 10.0 Å². The van der Waals surface area contributed by atoms with Crippen molar-refractivity contribution in [1.82, 2.24) is 4.31 Å². The minimum Gasteiger partial charge on any atom is -0.207 e. The van der Waals surface area contributed by atoms with E-state index in [4.69, 9.17) is 0 Å². The molecule has 0 saturated carbocycles. The highest BCUT2D eigenvalue weighted by molar-refractivity contribution is 7.89. The molecule has 0 N–H and O–H groups in total. The van der Waals surface area contributed by atoms with E-state index in [2.05, 4.69) is 13.2 Å². The van der Waals surface area contributed by atoms with Crippen LogP contribution in [0.25, 0.3) is 0 Å². The quantitative estimate of drug-likeness (QED) is 0.755. The van der Waals surface area contributed by atoms with Crippen LogP contribution in [-0.4, -0.2) is 32.0 Å². The third kappa shape index (κ3) is 4.44. The molecule has 0 fully saturated rings. The van der Waals surface area contributed by atoms with Crippen molar-refractivity contribution in [3.8, 4) is 0 Å². The lowest BCUT2D eigenvalue weighted by molar-refractivity contribution is -0.0937. The summed E-state index contributed by atoms with van der Waals surface area (Å²) in [5.41, 5.74) is -0.274. The lowest BCUT2D eigenvalue weighted by Crippen LogP contribution is -2.35. The fourth-order valence-electron chi connectivity index (χ4n) is 1.55. The van der Waals surface area contributed by atoms with Gasteiger partial charge in [0, 0.05) is 18.7 Å². The highest BCUT2D eigenvalue weighted by Crippen LogP contribution is 2.26. The maximum absolute atomic E-state index is 12.5. The zero-order chi connectivity index (χ0) is 16.3. The van der Waals surface area contributed by atoms with Crippen LogP contribution in [0.5, 0.6) is 0 Å². The van der Waals surface area contributed by atoms with Crippen molar-refractivity contribution in [3.63, 3.8) is 0 Å². The molecule has 0 aromatic heterocycles. The second-order valence-corrected chi connectivity index (χ2v) is 6.44. The van der Waals surface area contributed by atoms with Gasteiger partial charge in [0.1, 0.15) is 0 Å². The first-order chi connectivity index (χ1) is 9.59. The van der Waals surface area contributed by atoms with Gasteiger partial charge in [0.05, 0.1) is 4.90 Å². The summed E-state index contributed by atoms with van der Waals surface area (Å²) in [7, 11) is -4.03. The van der Waals surface area contributed by atoms with Gasteiger partial charge in [-0.05, 0) is 19.1 Å². The van der Waals surface area contributed by atoms with Gasteiger partial charge < -0.3 is 0 Å². The molecular weight excluding hydrogens is 303 g/mol. The average molecular weight is 319 g/mol. The molecule has 116 valence electrons. The molecule has 0 amide bonds. The number of rotatable bonds is 6. The van der Waals surface area contributed by atoms with Gasteiger partial charge in [0.25, 0.3) is 0 Å². The highest BCUT2D eigenvalue weighted by atomic mass is 32.2. The number of aryl methyl sites for hydroxylation is 1. The Morgan fingerprint density at radius 1 is 1.29 bits per heavy atom. The van der Waals surface area contributed by atoms with Crippen LogP contribution < -0.4 is 0 Å². The van der Waals surface area contributed by atoms with E-state index in [0.29, 0.717) is 4.31 Å². The second kappa shape index (κ2) is 6.44. The van der Waals surface area contributed by atoms with Crippen LogP contribution in [0.2, 0.25) is 0 Å². The van der Waals surface area contributed by atoms with E-state index in [1.165, 1.54) is 18.2 Å². The van der Waals surface area contributed by atoms with Gasteiger partial charge in [0.15, 0.2) is 0 Å². The second-order valence-electron chi connectivity index (χ2n) is 4.50. The van der Waals surface area contributed by atoms with E-state index in [1.807, 2.05) is 0 Å². The third-order valence-electron chi connectivity index (χ3n) is 2.76. The summed E-state index contributed by atoms with van der Waals surface area (Å²) in [4.78, 5) is -0.0649. The van der Waals surface area contributed by atoms with Crippen molar-refractivity contribution in [3.05, 3.63) is 54.6 Å². The SMILES string of the molecule is C=CCN(CC(=C)C(F)(F)F)S(=O)(=O)c1ccc(C)cc1. The van der Waals surface area contributed by atoms with Crippen LogP contribution in [-0.2, 0) is 10.0 Å². The summed E-state index contributed by atoms with van der Waals surface area (Å²) in [6.07, 6.45) is -3.41. The molecule has 0 bridgehead atoms. The van der Waals surface area contributed by atoms with Crippen LogP contribution in [0, 0.1) is 6.92 Å². The summed E-state index contributed by atoms with van der Waals surface area (Å²) in [6.45, 7) is 7.00. The Labute approximate surface area is 122 Å². The van der Waals surface area contributed by atoms with Crippen molar-refractivity contribution in [2.45, 2.75) is 18.0 Å². The first-order valence-corrected chi connectivity index (χ1v) is 7.45. The van der Waals surface area contributed by atoms with E-state index in [1.54, 1.807) is 19.1 Å². The van der Waals surface area contributed by atoms with Crippen LogP contribution in [0.3, 0.4) is 0 Å². The Morgan fingerprint density at radius 2 is 1.81 bits per heavy atom. The molecule has 1 aromatic carbocycles. The zero-order valence-electron chi connectivity index (χ0n) is 11.5. The largest absolute Gasteiger partial charge is 0.413 e. The normalized spacial score (nSPS) is 12.4. The molecule has 0 radical (unpaired) electrons.